The Hall–Kier alpha value is -0.730. The molecule has 2 rings (SSSR count). The van der Waals surface area contributed by atoms with Crippen LogP contribution in [0.2, 0.25) is 5.02 Å². The monoisotopic (exact) mass is 197 g/mol. The van der Waals surface area contributed by atoms with E-state index in [1.807, 2.05) is 6.07 Å². The van der Waals surface area contributed by atoms with Crippen LogP contribution in [-0.4, -0.2) is 23.6 Å². The van der Waals surface area contributed by atoms with Crippen LogP contribution in [0.5, 0.6) is 5.75 Å². The summed E-state index contributed by atoms with van der Waals surface area (Å²) in [7, 11) is 2.08. The summed E-state index contributed by atoms with van der Waals surface area (Å²) in [5, 5.41) is 10.1. The van der Waals surface area contributed by atoms with Crippen molar-refractivity contribution in [3.8, 4) is 5.75 Å². The molecule has 0 saturated heterocycles. The van der Waals surface area contributed by atoms with E-state index < -0.39 is 0 Å². The van der Waals surface area contributed by atoms with E-state index in [1.54, 1.807) is 6.07 Å². The molecule has 0 spiro atoms. The molecule has 0 aromatic heterocycles. The van der Waals surface area contributed by atoms with Gasteiger partial charge in [-0.15, -0.1) is 0 Å². The van der Waals surface area contributed by atoms with E-state index in [9.17, 15) is 5.11 Å². The average Bonchev–Trinajstić information content (AvgIpc) is 2.12. The third kappa shape index (κ3) is 1.52. The van der Waals surface area contributed by atoms with Gasteiger partial charge in [-0.05, 0) is 25.1 Å². The predicted molar refractivity (Wildman–Crippen MR) is 53.2 cm³/mol. The van der Waals surface area contributed by atoms with Gasteiger partial charge in [-0.3, -0.25) is 0 Å². The fraction of sp³-hybridized carbons (Fsp3) is 0.400. The van der Waals surface area contributed by atoms with Crippen LogP contribution < -0.4 is 0 Å². The van der Waals surface area contributed by atoms with Crippen molar-refractivity contribution in [1.82, 2.24) is 4.90 Å². The van der Waals surface area contributed by atoms with Crippen LogP contribution in [0.25, 0.3) is 0 Å². The molecule has 0 saturated carbocycles. The number of phenolic OH excluding ortho intramolecular Hbond substituents is 1. The summed E-state index contributed by atoms with van der Waals surface area (Å²) in [4.78, 5) is 2.23. The highest BCUT2D eigenvalue weighted by atomic mass is 35.5. The summed E-state index contributed by atoms with van der Waals surface area (Å²) in [5.74, 6) is 0.271. The molecule has 1 heterocycles. The maximum atomic E-state index is 9.68. The van der Waals surface area contributed by atoms with E-state index >= 15 is 0 Å². The molecule has 3 heteroatoms. The van der Waals surface area contributed by atoms with Crippen LogP contribution in [0.4, 0.5) is 0 Å². The highest BCUT2D eigenvalue weighted by Crippen LogP contribution is 2.32. The van der Waals surface area contributed by atoms with E-state index in [0.717, 1.165) is 25.1 Å². The van der Waals surface area contributed by atoms with E-state index in [-0.39, 0.29) is 5.75 Å². The molecule has 1 N–H and O–H groups in total. The Kier molecular flexibility index (Phi) is 2.18. The molecule has 1 aliphatic heterocycles. The third-order valence-electron chi connectivity index (χ3n) is 2.51. The van der Waals surface area contributed by atoms with Crippen molar-refractivity contribution in [3.05, 3.63) is 28.3 Å². The number of fused-ring (bicyclic) bond motifs is 1. The summed E-state index contributed by atoms with van der Waals surface area (Å²) < 4.78 is 0. The Balaban J connectivity index is 2.47. The van der Waals surface area contributed by atoms with Gasteiger partial charge in [-0.1, -0.05) is 17.7 Å². The fourth-order valence-electron chi connectivity index (χ4n) is 1.75. The maximum absolute atomic E-state index is 9.68. The number of nitrogens with zero attached hydrogens (tertiary/aromatic N) is 1. The lowest BCUT2D eigenvalue weighted by molar-refractivity contribution is 0.308. The molecule has 2 nitrogen and oxygen atoms in total. The SMILES string of the molecule is CN1CCc2c(ccc(Cl)c2O)C1. The predicted octanol–water partition coefficient (Wildman–Crippen LogP) is 2.03. The summed E-state index contributed by atoms with van der Waals surface area (Å²) in [6.45, 7) is 1.89. The van der Waals surface area contributed by atoms with E-state index in [4.69, 9.17) is 11.6 Å². The second-order valence-electron chi connectivity index (χ2n) is 3.52. The van der Waals surface area contributed by atoms with E-state index in [1.165, 1.54) is 5.56 Å². The number of aromatic hydroxyl groups is 1. The van der Waals surface area contributed by atoms with Crippen molar-refractivity contribution < 1.29 is 5.11 Å². The fourth-order valence-corrected chi connectivity index (χ4v) is 1.93. The van der Waals surface area contributed by atoms with E-state index in [2.05, 4.69) is 11.9 Å². The molecule has 0 amide bonds. The maximum Gasteiger partial charge on any atom is 0.137 e. The molecule has 70 valence electrons. The standard InChI is InChI=1S/C10H12ClNO/c1-12-5-4-8-7(6-12)2-3-9(11)10(8)13/h2-3,13H,4-6H2,1H3. The summed E-state index contributed by atoms with van der Waals surface area (Å²) >= 11 is 5.82. The Morgan fingerprint density at radius 1 is 1.46 bits per heavy atom. The topological polar surface area (TPSA) is 23.5 Å². The molecule has 0 fully saturated rings. The van der Waals surface area contributed by atoms with Gasteiger partial charge < -0.3 is 10.0 Å². The number of rotatable bonds is 0. The first kappa shape index (κ1) is 8.85. The van der Waals surface area contributed by atoms with Gasteiger partial charge in [-0.25, -0.2) is 0 Å². The average molecular weight is 198 g/mol. The zero-order chi connectivity index (χ0) is 9.42. The smallest absolute Gasteiger partial charge is 0.137 e. The summed E-state index contributed by atoms with van der Waals surface area (Å²) in [5.41, 5.74) is 2.21. The van der Waals surface area contributed by atoms with Gasteiger partial charge in [-0.2, -0.15) is 0 Å². The van der Waals surface area contributed by atoms with Gasteiger partial charge in [0.2, 0.25) is 0 Å². The lowest BCUT2D eigenvalue weighted by Crippen LogP contribution is -2.26. The number of hydrogen-bond donors (Lipinski definition) is 1. The molecule has 1 aromatic rings. The second kappa shape index (κ2) is 3.20. The first-order valence-corrected chi connectivity index (χ1v) is 4.74. The van der Waals surface area contributed by atoms with E-state index in [0.29, 0.717) is 5.02 Å². The molecule has 0 unspecified atom stereocenters. The number of halogens is 1. The largest absolute Gasteiger partial charge is 0.506 e. The highest BCUT2D eigenvalue weighted by Gasteiger charge is 2.17. The normalized spacial score (nSPS) is 17.1. The summed E-state index contributed by atoms with van der Waals surface area (Å²) in [6, 6.07) is 3.75. The number of likely N-dealkylation sites (N-methyl/N-ethyl adjacent to an activating group) is 1. The zero-order valence-electron chi connectivity index (χ0n) is 7.55. The van der Waals surface area contributed by atoms with Gasteiger partial charge in [0, 0.05) is 18.7 Å². The molecule has 0 atom stereocenters. The molecule has 0 bridgehead atoms. The summed E-state index contributed by atoms with van der Waals surface area (Å²) in [6.07, 6.45) is 0.887. The zero-order valence-corrected chi connectivity index (χ0v) is 8.30. The molecule has 0 radical (unpaired) electrons. The van der Waals surface area contributed by atoms with Crippen molar-refractivity contribution >= 4 is 11.6 Å². The van der Waals surface area contributed by atoms with Crippen molar-refractivity contribution in [1.29, 1.82) is 0 Å². The molecular formula is C10H12ClNO. The van der Waals surface area contributed by atoms with Crippen LogP contribution in [0.15, 0.2) is 12.1 Å². The quantitative estimate of drug-likeness (QED) is 0.688. The Bertz CT molecular complexity index is 338. The number of benzene rings is 1. The number of phenols is 1. The van der Waals surface area contributed by atoms with Crippen molar-refractivity contribution in [2.24, 2.45) is 0 Å². The minimum atomic E-state index is 0.271. The van der Waals surface area contributed by atoms with Gasteiger partial charge in [0.1, 0.15) is 5.75 Å². The van der Waals surface area contributed by atoms with Gasteiger partial charge in [0.25, 0.3) is 0 Å². The van der Waals surface area contributed by atoms with Crippen LogP contribution in [0, 0.1) is 0 Å². The Morgan fingerprint density at radius 3 is 3.00 bits per heavy atom. The second-order valence-corrected chi connectivity index (χ2v) is 3.93. The van der Waals surface area contributed by atoms with Crippen molar-refractivity contribution in [2.75, 3.05) is 13.6 Å². The molecular weight excluding hydrogens is 186 g/mol. The molecule has 13 heavy (non-hydrogen) atoms. The van der Waals surface area contributed by atoms with Crippen LogP contribution in [0.1, 0.15) is 11.1 Å². The lowest BCUT2D eigenvalue weighted by Gasteiger charge is -2.25. The van der Waals surface area contributed by atoms with Gasteiger partial charge in [0.15, 0.2) is 0 Å². The molecule has 0 aliphatic carbocycles. The van der Waals surface area contributed by atoms with Crippen LogP contribution >= 0.6 is 11.6 Å². The molecule has 1 aromatic carbocycles. The number of hydrogen-bond acceptors (Lipinski definition) is 2. The van der Waals surface area contributed by atoms with Crippen LogP contribution in [0.3, 0.4) is 0 Å². The lowest BCUT2D eigenvalue weighted by atomic mass is 9.99. The van der Waals surface area contributed by atoms with Gasteiger partial charge in [0.05, 0.1) is 5.02 Å². The first-order chi connectivity index (χ1) is 6.18. The minimum Gasteiger partial charge on any atom is -0.506 e. The van der Waals surface area contributed by atoms with Gasteiger partial charge >= 0.3 is 0 Å². The Morgan fingerprint density at radius 2 is 2.23 bits per heavy atom. The van der Waals surface area contributed by atoms with Crippen molar-refractivity contribution in [3.63, 3.8) is 0 Å². The van der Waals surface area contributed by atoms with Crippen molar-refractivity contribution in [2.45, 2.75) is 13.0 Å². The minimum absolute atomic E-state index is 0.271. The molecule has 1 aliphatic rings. The first-order valence-electron chi connectivity index (χ1n) is 4.36. The third-order valence-corrected chi connectivity index (χ3v) is 2.82. The van der Waals surface area contributed by atoms with Crippen LogP contribution in [-0.2, 0) is 13.0 Å². The highest BCUT2D eigenvalue weighted by molar-refractivity contribution is 6.32. The Labute approximate surface area is 82.7 Å².